The van der Waals surface area contributed by atoms with Crippen molar-refractivity contribution in [3.8, 4) is 0 Å². The standard InChI is InChI=1S/C23H26O2/c1-3-20(25)23-12-10-22(11-13-23)19-7-4-15-14-16(24)5-6-17(15)18(19)8-9-21(22,23)2/h8-10,12,14,19H,3-7,11,13H2,1-2H3/t19-,21+,22?,23-/m1/s1. The number of hydrogen-bond donors (Lipinski definition) is 0. The number of rotatable bonds is 2. The van der Waals surface area contributed by atoms with Gasteiger partial charge in [0.25, 0.3) is 0 Å². The Bertz CT molecular complexity index is 823. The topological polar surface area (TPSA) is 34.1 Å². The molecule has 0 aromatic rings. The lowest BCUT2D eigenvalue weighted by Gasteiger charge is -2.52. The van der Waals surface area contributed by atoms with Gasteiger partial charge in [-0.1, -0.05) is 38.2 Å². The summed E-state index contributed by atoms with van der Waals surface area (Å²) in [5.74, 6) is 1.20. The second-order valence-electron chi connectivity index (χ2n) is 8.82. The van der Waals surface area contributed by atoms with Crippen molar-refractivity contribution in [2.45, 2.75) is 58.8 Å². The van der Waals surface area contributed by atoms with E-state index in [9.17, 15) is 9.59 Å². The smallest absolute Gasteiger partial charge is 0.156 e. The minimum absolute atomic E-state index is 0.0759. The minimum atomic E-state index is -0.285. The van der Waals surface area contributed by atoms with Crippen LogP contribution in [0.3, 0.4) is 0 Å². The molecule has 0 aliphatic heterocycles. The van der Waals surface area contributed by atoms with Gasteiger partial charge in [0.2, 0.25) is 0 Å². The van der Waals surface area contributed by atoms with E-state index < -0.39 is 0 Å². The first-order chi connectivity index (χ1) is 12.0. The van der Waals surface area contributed by atoms with Crippen molar-refractivity contribution in [3.63, 3.8) is 0 Å². The van der Waals surface area contributed by atoms with Crippen LogP contribution in [0, 0.1) is 22.2 Å². The normalized spacial score (nSPS) is 43.7. The molecule has 5 aliphatic carbocycles. The summed E-state index contributed by atoms with van der Waals surface area (Å²) in [6.45, 7) is 4.34. The van der Waals surface area contributed by atoms with Gasteiger partial charge in [0.15, 0.2) is 5.78 Å². The van der Waals surface area contributed by atoms with Crippen LogP contribution in [0.2, 0.25) is 0 Å². The largest absolute Gasteiger partial charge is 0.299 e. The molecule has 5 aliphatic rings. The van der Waals surface area contributed by atoms with E-state index in [2.05, 4.69) is 31.2 Å². The van der Waals surface area contributed by atoms with Crippen molar-refractivity contribution < 1.29 is 9.59 Å². The highest BCUT2D eigenvalue weighted by Crippen LogP contribution is 2.76. The number of hydrogen-bond acceptors (Lipinski definition) is 2. The number of carbonyl (C=O) groups excluding carboxylic acids is 2. The van der Waals surface area contributed by atoms with Crippen LogP contribution >= 0.6 is 0 Å². The molecule has 0 aromatic carbocycles. The lowest BCUT2D eigenvalue weighted by molar-refractivity contribution is -0.130. The summed E-state index contributed by atoms with van der Waals surface area (Å²) < 4.78 is 0. The fraction of sp³-hybridized carbons (Fsp3) is 0.565. The number of ketones is 2. The zero-order valence-electron chi connectivity index (χ0n) is 15.2. The van der Waals surface area contributed by atoms with Crippen molar-refractivity contribution in [2.75, 3.05) is 0 Å². The molecule has 4 atom stereocenters. The van der Waals surface area contributed by atoms with Crippen LogP contribution in [0.25, 0.3) is 0 Å². The minimum Gasteiger partial charge on any atom is -0.299 e. The number of Topliss-reactive ketones (excluding diaryl/α,β-unsaturated/α-hetero) is 1. The second kappa shape index (κ2) is 4.72. The Morgan fingerprint density at radius 3 is 2.72 bits per heavy atom. The summed E-state index contributed by atoms with van der Waals surface area (Å²) in [6.07, 6.45) is 17.7. The van der Waals surface area contributed by atoms with Crippen LogP contribution in [0.4, 0.5) is 0 Å². The van der Waals surface area contributed by atoms with E-state index in [-0.39, 0.29) is 22.0 Å². The summed E-state index contributed by atoms with van der Waals surface area (Å²) >= 11 is 0. The highest BCUT2D eigenvalue weighted by molar-refractivity contribution is 5.93. The molecule has 0 saturated heterocycles. The Kier molecular flexibility index (Phi) is 2.93. The quantitative estimate of drug-likeness (QED) is 0.675. The molecule has 0 N–H and O–H groups in total. The van der Waals surface area contributed by atoms with E-state index in [0.717, 1.165) is 32.1 Å². The Balaban J connectivity index is 1.70. The van der Waals surface area contributed by atoms with Crippen LogP contribution in [0.5, 0.6) is 0 Å². The SMILES string of the molecule is CCC(=O)[C@@]12C=CC3(CC1)[C@@H]1CCC4=CC(=O)CCC4=C1C=C[C@@]32C. The molecular weight excluding hydrogens is 308 g/mol. The molecule has 2 heteroatoms. The summed E-state index contributed by atoms with van der Waals surface area (Å²) in [4.78, 5) is 24.8. The number of fused-ring (bicyclic) bond motifs is 2. The molecule has 0 spiro atoms. The van der Waals surface area contributed by atoms with Gasteiger partial charge in [0.05, 0.1) is 5.41 Å². The van der Waals surface area contributed by atoms with Crippen molar-refractivity contribution in [1.29, 1.82) is 0 Å². The van der Waals surface area contributed by atoms with Crippen molar-refractivity contribution in [1.82, 2.24) is 0 Å². The third kappa shape index (κ3) is 1.58. The molecule has 0 heterocycles. The predicted molar refractivity (Wildman–Crippen MR) is 97.9 cm³/mol. The van der Waals surface area contributed by atoms with Gasteiger partial charge in [0.1, 0.15) is 5.78 Å². The maximum atomic E-state index is 12.9. The Hall–Kier alpha value is -1.70. The zero-order chi connectivity index (χ0) is 17.4. The molecule has 0 radical (unpaired) electrons. The fourth-order valence-electron chi connectivity index (χ4n) is 6.93. The first-order valence-electron chi connectivity index (χ1n) is 9.87. The molecule has 1 unspecified atom stereocenters. The van der Waals surface area contributed by atoms with Crippen LogP contribution in [-0.4, -0.2) is 11.6 Å². The Morgan fingerprint density at radius 1 is 1.16 bits per heavy atom. The lowest BCUT2D eigenvalue weighted by Crippen LogP contribution is -2.48. The molecule has 2 bridgehead atoms. The molecule has 25 heavy (non-hydrogen) atoms. The van der Waals surface area contributed by atoms with Crippen molar-refractivity contribution in [2.24, 2.45) is 22.2 Å². The summed E-state index contributed by atoms with van der Waals surface area (Å²) in [6, 6.07) is 0. The third-order valence-corrected chi connectivity index (χ3v) is 8.30. The average molecular weight is 334 g/mol. The van der Waals surface area contributed by atoms with Gasteiger partial charge in [-0.05, 0) is 60.8 Å². The Labute approximate surface area is 149 Å². The summed E-state index contributed by atoms with van der Waals surface area (Å²) in [5, 5.41) is 0. The highest BCUT2D eigenvalue weighted by atomic mass is 16.1. The van der Waals surface area contributed by atoms with Gasteiger partial charge in [-0.2, -0.15) is 0 Å². The summed E-state index contributed by atoms with van der Waals surface area (Å²) in [5.41, 5.74) is 3.92. The lowest BCUT2D eigenvalue weighted by atomic mass is 9.50. The zero-order valence-corrected chi connectivity index (χ0v) is 15.2. The van der Waals surface area contributed by atoms with E-state index >= 15 is 0 Å². The molecule has 2 nitrogen and oxygen atoms in total. The maximum absolute atomic E-state index is 12.9. The van der Waals surface area contributed by atoms with Gasteiger partial charge in [0, 0.05) is 23.7 Å². The van der Waals surface area contributed by atoms with Gasteiger partial charge in [-0.3, -0.25) is 9.59 Å². The molecule has 1 saturated carbocycles. The Morgan fingerprint density at radius 2 is 2.00 bits per heavy atom. The van der Waals surface area contributed by atoms with E-state index in [1.54, 1.807) is 0 Å². The summed E-state index contributed by atoms with van der Waals surface area (Å²) in [7, 11) is 0. The van der Waals surface area contributed by atoms with Crippen molar-refractivity contribution >= 4 is 11.6 Å². The van der Waals surface area contributed by atoms with Gasteiger partial charge >= 0.3 is 0 Å². The van der Waals surface area contributed by atoms with Gasteiger partial charge in [-0.25, -0.2) is 0 Å². The molecule has 5 rings (SSSR count). The van der Waals surface area contributed by atoms with E-state index in [0.29, 0.717) is 24.5 Å². The fourth-order valence-corrected chi connectivity index (χ4v) is 6.93. The van der Waals surface area contributed by atoms with Crippen LogP contribution < -0.4 is 0 Å². The average Bonchev–Trinajstić information content (AvgIpc) is 3.05. The van der Waals surface area contributed by atoms with Crippen LogP contribution in [-0.2, 0) is 9.59 Å². The van der Waals surface area contributed by atoms with E-state index in [1.807, 2.05) is 13.0 Å². The molecule has 0 amide bonds. The van der Waals surface area contributed by atoms with Crippen LogP contribution in [0.1, 0.15) is 58.8 Å². The molecule has 0 aromatic heterocycles. The molecule has 1 fully saturated rings. The highest BCUT2D eigenvalue weighted by Gasteiger charge is 2.71. The van der Waals surface area contributed by atoms with E-state index in [1.165, 1.54) is 16.7 Å². The first kappa shape index (κ1) is 15.5. The number of allylic oxidation sites excluding steroid dienone is 8. The van der Waals surface area contributed by atoms with Crippen molar-refractivity contribution in [3.05, 3.63) is 47.1 Å². The monoisotopic (exact) mass is 334 g/mol. The van der Waals surface area contributed by atoms with E-state index in [4.69, 9.17) is 0 Å². The molecular formula is C23H26O2. The second-order valence-corrected chi connectivity index (χ2v) is 8.82. The van der Waals surface area contributed by atoms with Gasteiger partial charge in [-0.15, -0.1) is 0 Å². The molecule has 130 valence electrons. The first-order valence-corrected chi connectivity index (χ1v) is 9.87. The maximum Gasteiger partial charge on any atom is 0.156 e. The van der Waals surface area contributed by atoms with Crippen LogP contribution in [0.15, 0.2) is 47.1 Å². The third-order valence-electron chi connectivity index (χ3n) is 8.30. The van der Waals surface area contributed by atoms with Gasteiger partial charge < -0.3 is 0 Å². The predicted octanol–water partition coefficient (Wildman–Crippen LogP) is 4.87. The number of carbonyl (C=O) groups is 2.